The van der Waals surface area contributed by atoms with Crippen molar-refractivity contribution < 1.29 is 4.42 Å². The number of furan rings is 1. The van der Waals surface area contributed by atoms with Gasteiger partial charge in [0.15, 0.2) is 0 Å². The van der Waals surface area contributed by atoms with E-state index in [0.717, 1.165) is 60.7 Å². The summed E-state index contributed by atoms with van der Waals surface area (Å²) in [4.78, 5) is 0. The average molecular weight is 465 g/mol. The van der Waals surface area contributed by atoms with Crippen LogP contribution in [0.3, 0.4) is 0 Å². The molecule has 5 rings (SSSR count). The Morgan fingerprint density at radius 3 is 1.40 bits per heavy atom. The van der Waals surface area contributed by atoms with E-state index < -0.39 is 0 Å². The molecule has 1 heterocycles. The van der Waals surface area contributed by atoms with Crippen LogP contribution in [0.2, 0.25) is 0 Å². The smallest absolute Gasteiger partial charge is 0.135 e. The van der Waals surface area contributed by atoms with Crippen molar-refractivity contribution in [1.29, 1.82) is 0 Å². The van der Waals surface area contributed by atoms with Gasteiger partial charge in [0.2, 0.25) is 0 Å². The van der Waals surface area contributed by atoms with Crippen molar-refractivity contribution >= 4 is 21.9 Å². The highest BCUT2D eigenvalue weighted by Crippen LogP contribution is 2.35. The highest BCUT2D eigenvalue weighted by Gasteiger charge is 2.11. The lowest BCUT2D eigenvalue weighted by molar-refractivity contribution is 0.669. The maximum atomic E-state index is 6.16. The Kier molecular flexibility index (Phi) is 8.36. The van der Waals surface area contributed by atoms with Crippen molar-refractivity contribution in [3.63, 3.8) is 0 Å². The molecule has 0 amide bonds. The van der Waals surface area contributed by atoms with Gasteiger partial charge in [-0.05, 0) is 96.4 Å². The molecule has 0 saturated heterocycles. The van der Waals surface area contributed by atoms with Crippen molar-refractivity contribution in [1.82, 2.24) is 0 Å². The fraction of sp³-hybridized carbons (Fsp3) is 0.250. The molecule has 0 aliphatic rings. The molecule has 3 nitrogen and oxygen atoms in total. The molecule has 180 valence electrons. The minimum Gasteiger partial charge on any atom is -0.456 e. The lowest BCUT2D eigenvalue weighted by atomic mass is 9.97. The van der Waals surface area contributed by atoms with E-state index in [1.54, 1.807) is 0 Å². The van der Waals surface area contributed by atoms with Gasteiger partial charge in [0, 0.05) is 10.8 Å². The van der Waals surface area contributed by atoms with Gasteiger partial charge < -0.3 is 15.9 Å². The summed E-state index contributed by atoms with van der Waals surface area (Å²) in [5.74, 6) is 0. The lowest BCUT2D eigenvalue weighted by Crippen LogP contribution is -2.00. The number of hydrogen-bond donors (Lipinski definition) is 2. The first-order chi connectivity index (χ1) is 17.2. The van der Waals surface area contributed by atoms with Crippen LogP contribution >= 0.6 is 0 Å². The zero-order chi connectivity index (χ0) is 24.6. The summed E-state index contributed by atoms with van der Waals surface area (Å²) in [6.07, 6.45) is 4.03. The molecule has 35 heavy (non-hydrogen) atoms. The van der Waals surface area contributed by atoms with Crippen LogP contribution in [0.15, 0.2) is 89.3 Å². The molecule has 0 fully saturated rings. The minimum atomic E-state index is 0.718. The van der Waals surface area contributed by atoms with Crippen molar-refractivity contribution in [3.05, 3.63) is 96.1 Å². The number of benzene rings is 4. The Hall–Kier alpha value is -3.40. The van der Waals surface area contributed by atoms with Crippen LogP contribution in [-0.2, 0) is 12.8 Å². The summed E-state index contributed by atoms with van der Waals surface area (Å²) in [7, 11) is 0. The predicted octanol–water partition coefficient (Wildman–Crippen LogP) is 7.73. The molecule has 3 heteroatoms. The monoisotopic (exact) mass is 464 g/mol. The van der Waals surface area contributed by atoms with Crippen molar-refractivity contribution in [2.75, 3.05) is 13.1 Å². The maximum absolute atomic E-state index is 6.16. The first-order valence-electron chi connectivity index (χ1n) is 12.8. The normalized spacial score (nSPS) is 11.0. The van der Waals surface area contributed by atoms with Gasteiger partial charge in [-0.3, -0.25) is 0 Å². The standard InChI is InChI=1S/C30H30N2O.C2H6/c31-15-3-7-21-5-1-9-23(17-21)25-11-13-29-27(19-25)28-20-26(12-14-30(28)33-29)24-10-2-6-22(18-24)8-4-16-32;1-2/h1-2,5-6,9-14,17-20H,3-4,7-8,15-16,31-32H2;1-2H3. The van der Waals surface area contributed by atoms with E-state index in [0.29, 0.717) is 0 Å². The third kappa shape index (κ3) is 5.64. The van der Waals surface area contributed by atoms with Crippen LogP contribution in [0.25, 0.3) is 44.2 Å². The van der Waals surface area contributed by atoms with Crippen LogP contribution in [-0.4, -0.2) is 13.1 Å². The van der Waals surface area contributed by atoms with Crippen LogP contribution in [0.4, 0.5) is 0 Å². The van der Waals surface area contributed by atoms with Crippen LogP contribution in [0.5, 0.6) is 0 Å². The SMILES string of the molecule is CC.NCCCc1cccc(-c2ccc3oc4ccc(-c5cccc(CCCN)c5)cc4c3c2)c1. The van der Waals surface area contributed by atoms with Crippen molar-refractivity contribution in [2.24, 2.45) is 11.5 Å². The second-order valence-corrected chi connectivity index (χ2v) is 8.71. The second kappa shape index (κ2) is 11.8. The molecule has 0 radical (unpaired) electrons. The Bertz CT molecular complexity index is 1290. The summed E-state index contributed by atoms with van der Waals surface area (Å²) in [6, 6.07) is 30.5. The molecule has 0 atom stereocenters. The molecule has 0 unspecified atom stereocenters. The quantitative estimate of drug-likeness (QED) is 0.247. The van der Waals surface area contributed by atoms with Gasteiger partial charge in [0.1, 0.15) is 11.2 Å². The number of hydrogen-bond acceptors (Lipinski definition) is 3. The van der Waals surface area contributed by atoms with E-state index in [1.165, 1.54) is 33.4 Å². The largest absolute Gasteiger partial charge is 0.456 e. The lowest BCUT2D eigenvalue weighted by Gasteiger charge is -2.06. The topological polar surface area (TPSA) is 65.2 Å². The van der Waals surface area contributed by atoms with E-state index in [4.69, 9.17) is 15.9 Å². The Balaban J connectivity index is 0.00000141. The van der Waals surface area contributed by atoms with Crippen LogP contribution in [0, 0.1) is 0 Å². The van der Waals surface area contributed by atoms with Gasteiger partial charge in [0.05, 0.1) is 0 Å². The van der Waals surface area contributed by atoms with E-state index in [1.807, 2.05) is 13.8 Å². The molecule has 0 aliphatic carbocycles. The van der Waals surface area contributed by atoms with Gasteiger partial charge >= 0.3 is 0 Å². The molecule has 0 aliphatic heterocycles. The Labute approximate surface area is 208 Å². The van der Waals surface area contributed by atoms with Crippen LogP contribution < -0.4 is 11.5 Å². The second-order valence-electron chi connectivity index (χ2n) is 8.71. The number of fused-ring (bicyclic) bond motifs is 3. The number of aryl methyl sites for hydroxylation is 2. The van der Waals surface area contributed by atoms with E-state index in [9.17, 15) is 0 Å². The highest BCUT2D eigenvalue weighted by molar-refractivity contribution is 6.07. The van der Waals surface area contributed by atoms with Gasteiger partial charge in [-0.25, -0.2) is 0 Å². The van der Waals surface area contributed by atoms with Crippen LogP contribution in [0.1, 0.15) is 37.8 Å². The van der Waals surface area contributed by atoms with Crippen molar-refractivity contribution in [2.45, 2.75) is 39.5 Å². The number of rotatable bonds is 8. The molecule has 1 aromatic heterocycles. The van der Waals surface area contributed by atoms with Gasteiger partial charge in [-0.1, -0.05) is 74.5 Å². The highest BCUT2D eigenvalue weighted by atomic mass is 16.3. The van der Waals surface area contributed by atoms with Gasteiger partial charge in [-0.15, -0.1) is 0 Å². The maximum Gasteiger partial charge on any atom is 0.135 e. The zero-order valence-corrected chi connectivity index (χ0v) is 20.9. The number of nitrogens with two attached hydrogens (primary N) is 2. The molecule has 4 aromatic carbocycles. The average Bonchev–Trinajstić information content (AvgIpc) is 3.29. The third-order valence-electron chi connectivity index (χ3n) is 6.33. The van der Waals surface area contributed by atoms with E-state index in [-0.39, 0.29) is 0 Å². The fourth-order valence-corrected chi connectivity index (χ4v) is 4.56. The molecule has 0 bridgehead atoms. The van der Waals surface area contributed by atoms with Crippen molar-refractivity contribution in [3.8, 4) is 22.3 Å². The molecular formula is C32H36N2O. The summed E-state index contributed by atoms with van der Waals surface area (Å²) < 4.78 is 6.16. The molecule has 4 N–H and O–H groups in total. The first kappa shape index (κ1) is 24.7. The molecule has 0 saturated carbocycles. The minimum absolute atomic E-state index is 0.718. The third-order valence-corrected chi connectivity index (χ3v) is 6.33. The summed E-state index contributed by atoms with van der Waals surface area (Å²) in [5, 5.41) is 2.30. The first-order valence-corrected chi connectivity index (χ1v) is 12.8. The Morgan fingerprint density at radius 1 is 0.543 bits per heavy atom. The molecule has 5 aromatic rings. The summed E-state index contributed by atoms with van der Waals surface area (Å²) in [5.41, 5.74) is 20.7. The molecular weight excluding hydrogens is 428 g/mol. The van der Waals surface area contributed by atoms with Gasteiger partial charge in [-0.2, -0.15) is 0 Å². The Morgan fingerprint density at radius 2 is 0.971 bits per heavy atom. The fourth-order valence-electron chi connectivity index (χ4n) is 4.56. The summed E-state index contributed by atoms with van der Waals surface area (Å²) >= 11 is 0. The summed E-state index contributed by atoms with van der Waals surface area (Å²) in [6.45, 7) is 5.44. The predicted molar refractivity (Wildman–Crippen MR) is 151 cm³/mol. The zero-order valence-electron chi connectivity index (χ0n) is 20.9. The van der Waals surface area contributed by atoms with Gasteiger partial charge in [0.25, 0.3) is 0 Å². The van der Waals surface area contributed by atoms with E-state index >= 15 is 0 Å². The van der Waals surface area contributed by atoms with E-state index in [2.05, 4.69) is 84.9 Å². The molecule has 0 spiro atoms.